The van der Waals surface area contributed by atoms with Crippen molar-refractivity contribution >= 4 is 34.4 Å². The second kappa shape index (κ2) is 22.8. The maximum absolute atomic E-state index is 14.1. The molecule has 1 heterocycles. The zero-order chi connectivity index (χ0) is 43.9. The molecule has 2 unspecified atom stereocenters. The predicted octanol–water partition coefficient (Wildman–Crippen LogP) is 10.0. The summed E-state index contributed by atoms with van der Waals surface area (Å²) in [4.78, 5) is 51.7. The average molecular weight is 847 g/mol. The van der Waals surface area contributed by atoms with E-state index in [4.69, 9.17) is 25.5 Å². The number of nitrogens with zero attached hydrogens (tertiary/aromatic N) is 3. The van der Waals surface area contributed by atoms with Crippen molar-refractivity contribution in [2.75, 3.05) is 45.9 Å². The highest BCUT2D eigenvalue weighted by molar-refractivity contribution is 6.32. The van der Waals surface area contributed by atoms with Gasteiger partial charge in [0.05, 0.1) is 12.2 Å². The van der Waals surface area contributed by atoms with Gasteiger partial charge in [-0.1, -0.05) is 35.8 Å². The van der Waals surface area contributed by atoms with Crippen LogP contribution in [0.25, 0.3) is 22.3 Å². The molecule has 0 bridgehead atoms. The maximum Gasteiger partial charge on any atom is 0.412 e. The van der Waals surface area contributed by atoms with Gasteiger partial charge in [-0.3, -0.25) is 4.79 Å². The van der Waals surface area contributed by atoms with E-state index in [9.17, 15) is 19.4 Å². The third-order valence-corrected chi connectivity index (χ3v) is 11.8. The minimum atomic E-state index is -0.595. The molecule has 0 fully saturated rings. The van der Waals surface area contributed by atoms with Crippen LogP contribution in [-0.2, 0) is 0 Å². The van der Waals surface area contributed by atoms with Crippen LogP contribution in [0.5, 0.6) is 11.5 Å². The van der Waals surface area contributed by atoms with Gasteiger partial charge in [-0.25, -0.2) is 4.79 Å². The first kappa shape index (κ1) is 48.0. The lowest BCUT2D eigenvalue weighted by atomic mass is 9.92. The van der Waals surface area contributed by atoms with Crippen LogP contribution in [0.15, 0.2) is 81.5 Å². The lowest BCUT2D eigenvalue weighted by molar-refractivity contribution is 0.104. The van der Waals surface area contributed by atoms with Crippen molar-refractivity contribution in [2.45, 2.75) is 104 Å². The molecular weight excluding hydrogens is 784 g/mol. The standard InChI is InChI=1S/C46H63ClN6O7/c1-9-53(10-2)28-11-29-58-37-17-12-34(13-18-37)42(54)41-39-30-36(47)16-21-40(39)60-43(41)35-14-19-38(20-15-35)59-44(55)48-25-22-33(23-26-49-45(5,6)31(3)51-56)24-27-50-46(7,8)32(4)52-57/h12-21,30-33,49-50H,9-11,22-29H2,1-8H3,(H,48,55). The van der Waals surface area contributed by atoms with Gasteiger partial charge in [0, 0.05) is 45.7 Å². The average Bonchev–Trinajstić information content (AvgIpc) is 3.61. The Labute approximate surface area is 359 Å². The Morgan fingerprint density at radius 2 is 1.37 bits per heavy atom. The zero-order valence-electron chi connectivity index (χ0n) is 36.4. The number of ketones is 1. The van der Waals surface area contributed by atoms with Gasteiger partial charge in [-0.05, 0) is 166 Å². The first-order valence-corrected chi connectivity index (χ1v) is 21.4. The highest BCUT2D eigenvalue weighted by atomic mass is 35.5. The summed E-state index contributed by atoms with van der Waals surface area (Å²) >= 11 is 6.39. The van der Waals surface area contributed by atoms with Crippen LogP contribution >= 0.6 is 11.6 Å². The fraction of sp³-hybridized carbons (Fsp3) is 0.522. The van der Waals surface area contributed by atoms with E-state index in [0.717, 1.165) is 38.9 Å². The minimum Gasteiger partial charge on any atom is -0.494 e. The van der Waals surface area contributed by atoms with Gasteiger partial charge in [0.2, 0.25) is 0 Å². The minimum absolute atomic E-state index is 0.213. The fourth-order valence-electron chi connectivity index (χ4n) is 6.75. The van der Waals surface area contributed by atoms with Crippen molar-refractivity contribution in [2.24, 2.45) is 16.3 Å². The Hall–Kier alpha value is -4.69. The van der Waals surface area contributed by atoms with Gasteiger partial charge in [0.25, 0.3) is 0 Å². The Morgan fingerprint density at radius 1 is 0.800 bits per heavy atom. The fourth-order valence-corrected chi connectivity index (χ4v) is 6.92. The van der Waals surface area contributed by atoms with Crippen LogP contribution in [-0.4, -0.2) is 85.8 Å². The normalized spacial score (nSPS) is 13.5. The summed E-state index contributed by atoms with van der Waals surface area (Å²) in [5.41, 5.74) is 1.07. The number of rotatable bonds is 26. The number of amides is 1. The zero-order valence-corrected chi connectivity index (χ0v) is 37.2. The topological polar surface area (TPSA) is 164 Å². The van der Waals surface area contributed by atoms with Crippen LogP contribution in [0.3, 0.4) is 0 Å². The van der Waals surface area contributed by atoms with E-state index >= 15 is 0 Å². The second-order valence-corrected chi connectivity index (χ2v) is 16.9. The number of hydrogen-bond acceptors (Lipinski definition) is 12. The summed E-state index contributed by atoms with van der Waals surface area (Å²) in [6.45, 7) is 20.9. The molecule has 4 rings (SSSR count). The molecule has 0 radical (unpaired) electrons. The van der Waals surface area contributed by atoms with E-state index in [1.54, 1.807) is 80.6 Å². The molecule has 1 amide bonds. The Bertz CT molecular complexity index is 1960. The van der Waals surface area contributed by atoms with Crippen molar-refractivity contribution in [3.63, 3.8) is 0 Å². The number of nitrogens with one attached hydrogen (secondary N) is 3. The van der Waals surface area contributed by atoms with Crippen molar-refractivity contribution in [1.29, 1.82) is 0 Å². The molecule has 0 aliphatic carbocycles. The summed E-state index contributed by atoms with van der Waals surface area (Å²) in [5.74, 6) is 1.38. The molecule has 13 nitrogen and oxygen atoms in total. The van der Waals surface area contributed by atoms with Crippen molar-refractivity contribution in [3.8, 4) is 22.8 Å². The van der Waals surface area contributed by atoms with Crippen molar-refractivity contribution in [3.05, 3.63) is 92.7 Å². The molecule has 3 N–H and O–H groups in total. The molecule has 326 valence electrons. The maximum atomic E-state index is 14.1. The number of ether oxygens (including phenoxy) is 2. The number of nitroso groups, excluding NO2 is 2. The molecule has 0 aliphatic heterocycles. The highest BCUT2D eigenvalue weighted by Gasteiger charge is 2.28. The van der Waals surface area contributed by atoms with Gasteiger partial charge in [-0.2, -0.15) is 9.81 Å². The molecular formula is C46H63ClN6O7. The van der Waals surface area contributed by atoms with E-state index < -0.39 is 29.3 Å². The summed E-state index contributed by atoms with van der Waals surface area (Å²) in [6, 6.07) is 18.3. The Kier molecular flexibility index (Phi) is 18.2. The van der Waals surface area contributed by atoms with Crippen molar-refractivity contribution in [1.82, 2.24) is 20.9 Å². The van der Waals surface area contributed by atoms with Gasteiger partial charge < -0.3 is 34.7 Å². The SMILES string of the molecule is CCN(CC)CCCOc1ccc(C(=O)c2c(-c3ccc(OC(=O)NCCC(CCNC(C)(C)C(C)N=O)CCNC(C)(C)C(C)N=O)cc3)oc3ccc(Cl)cc23)cc1. The number of carbonyl (C=O) groups is 2. The van der Waals surface area contributed by atoms with Gasteiger partial charge in [0.1, 0.15) is 34.9 Å². The smallest absolute Gasteiger partial charge is 0.412 e. The number of furan rings is 1. The molecule has 2 atom stereocenters. The molecule has 3 aromatic carbocycles. The third-order valence-electron chi connectivity index (χ3n) is 11.6. The van der Waals surface area contributed by atoms with Crippen LogP contribution in [0.2, 0.25) is 5.02 Å². The van der Waals surface area contributed by atoms with E-state index in [1.165, 1.54) is 0 Å². The monoisotopic (exact) mass is 846 g/mol. The predicted molar refractivity (Wildman–Crippen MR) is 240 cm³/mol. The van der Waals surface area contributed by atoms with Gasteiger partial charge >= 0.3 is 6.09 Å². The second-order valence-electron chi connectivity index (χ2n) is 16.5. The highest BCUT2D eigenvalue weighted by Crippen LogP contribution is 2.37. The van der Waals surface area contributed by atoms with Crippen molar-refractivity contribution < 1.29 is 23.5 Å². The summed E-state index contributed by atoms with van der Waals surface area (Å²) < 4.78 is 17.8. The first-order chi connectivity index (χ1) is 28.6. The molecule has 1 aromatic heterocycles. The third kappa shape index (κ3) is 13.7. The number of carbonyl (C=O) groups excluding carboxylic acids is 2. The molecule has 0 saturated heterocycles. The number of fused-ring (bicyclic) bond motifs is 1. The van der Waals surface area contributed by atoms with E-state index in [0.29, 0.717) is 82.6 Å². The molecule has 14 heteroatoms. The quantitative estimate of drug-likeness (QED) is 0.0315. The lowest BCUT2D eigenvalue weighted by Crippen LogP contribution is -2.48. The van der Waals surface area contributed by atoms with E-state index in [-0.39, 0.29) is 11.7 Å². The number of benzene rings is 3. The van der Waals surface area contributed by atoms with Gasteiger partial charge in [-0.15, -0.1) is 0 Å². The van der Waals surface area contributed by atoms with Crippen LogP contribution < -0.4 is 25.4 Å². The molecule has 60 heavy (non-hydrogen) atoms. The summed E-state index contributed by atoms with van der Waals surface area (Å²) in [5, 5.41) is 17.2. The molecule has 0 aliphatic rings. The van der Waals surface area contributed by atoms with Crippen LogP contribution in [0.4, 0.5) is 4.79 Å². The Morgan fingerprint density at radius 3 is 1.93 bits per heavy atom. The van der Waals surface area contributed by atoms with E-state index in [1.807, 2.05) is 27.7 Å². The number of hydrogen-bond donors (Lipinski definition) is 3. The number of halogens is 1. The molecule has 4 aromatic rings. The Balaban J connectivity index is 1.39. The summed E-state index contributed by atoms with van der Waals surface area (Å²) in [7, 11) is 0. The first-order valence-electron chi connectivity index (χ1n) is 21.0. The van der Waals surface area contributed by atoms with Gasteiger partial charge in [0.15, 0.2) is 5.78 Å². The van der Waals surface area contributed by atoms with Crippen LogP contribution in [0.1, 0.15) is 97.0 Å². The summed E-state index contributed by atoms with van der Waals surface area (Å²) in [6.07, 6.45) is 2.59. The van der Waals surface area contributed by atoms with E-state index in [2.05, 4.69) is 45.1 Å². The van der Waals surface area contributed by atoms with Crippen LogP contribution in [0, 0.1) is 15.7 Å². The lowest BCUT2D eigenvalue weighted by Gasteiger charge is -2.31. The largest absolute Gasteiger partial charge is 0.494 e. The molecule has 0 spiro atoms. The molecule has 0 saturated carbocycles.